The van der Waals surface area contributed by atoms with Gasteiger partial charge < -0.3 is 19.5 Å². The molecule has 2 rings (SSSR count). The lowest BCUT2D eigenvalue weighted by atomic mass is 10.0. The van der Waals surface area contributed by atoms with E-state index in [1.54, 1.807) is 14.2 Å². The molecule has 0 saturated carbocycles. The van der Waals surface area contributed by atoms with E-state index < -0.39 is 0 Å². The first-order valence-electron chi connectivity index (χ1n) is 8.34. The third-order valence-electron chi connectivity index (χ3n) is 3.92. The number of hydrogen-bond acceptors (Lipinski definition) is 4. The molecule has 0 aliphatic heterocycles. The Hall–Kier alpha value is -2.21. The third-order valence-corrected chi connectivity index (χ3v) is 4.54. The van der Waals surface area contributed by atoms with Crippen LogP contribution in [0.4, 0.5) is 0 Å². The number of benzene rings is 2. The second kappa shape index (κ2) is 9.48. The van der Waals surface area contributed by atoms with Gasteiger partial charge in [-0.25, -0.2) is 0 Å². The van der Waals surface area contributed by atoms with Gasteiger partial charge in [-0.15, -0.1) is 0 Å². The maximum atomic E-state index is 12.0. The van der Waals surface area contributed by atoms with E-state index >= 15 is 0 Å². The fourth-order valence-corrected chi connectivity index (χ4v) is 2.89. The molecule has 0 fully saturated rings. The Labute approximate surface area is 162 Å². The van der Waals surface area contributed by atoms with Crippen LogP contribution in [-0.4, -0.2) is 26.7 Å². The quantitative estimate of drug-likeness (QED) is 0.690. The molecule has 1 amide bonds. The average molecular weight is 422 g/mol. The Bertz CT molecular complexity index is 761. The summed E-state index contributed by atoms with van der Waals surface area (Å²) in [6.07, 6.45) is 0. The standard InChI is InChI=1S/C20H24BrNO4/c1-13(2)15-6-8-17(16(21)10-15)26-12-20(23)22-11-14-5-7-18(24-3)19(9-14)25-4/h5-10,13H,11-12H2,1-4H3,(H,22,23). The molecule has 0 bridgehead atoms. The van der Waals surface area contributed by atoms with Gasteiger partial charge in [0.15, 0.2) is 18.1 Å². The van der Waals surface area contributed by atoms with Crippen molar-refractivity contribution >= 4 is 21.8 Å². The van der Waals surface area contributed by atoms with Gasteiger partial charge in [0.05, 0.1) is 18.7 Å². The molecule has 0 aliphatic carbocycles. The lowest BCUT2D eigenvalue weighted by molar-refractivity contribution is -0.123. The first-order valence-corrected chi connectivity index (χ1v) is 9.13. The second-order valence-corrected chi connectivity index (χ2v) is 6.95. The van der Waals surface area contributed by atoms with E-state index in [-0.39, 0.29) is 12.5 Å². The number of nitrogens with one attached hydrogen (secondary N) is 1. The van der Waals surface area contributed by atoms with Crippen LogP contribution in [0, 0.1) is 0 Å². The molecule has 26 heavy (non-hydrogen) atoms. The highest BCUT2D eigenvalue weighted by atomic mass is 79.9. The molecule has 2 aromatic rings. The van der Waals surface area contributed by atoms with Crippen LogP contribution in [0.25, 0.3) is 0 Å². The summed E-state index contributed by atoms with van der Waals surface area (Å²) in [4.78, 5) is 12.0. The summed E-state index contributed by atoms with van der Waals surface area (Å²) < 4.78 is 16.9. The van der Waals surface area contributed by atoms with Gasteiger partial charge >= 0.3 is 0 Å². The van der Waals surface area contributed by atoms with E-state index in [0.29, 0.717) is 29.7 Å². The van der Waals surface area contributed by atoms with Gasteiger partial charge in [0.25, 0.3) is 5.91 Å². The smallest absolute Gasteiger partial charge is 0.258 e. The Kier molecular flexibility index (Phi) is 7.33. The van der Waals surface area contributed by atoms with Crippen molar-refractivity contribution in [2.45, 2.75) is 26.3 Å². The number of rotatable bonds is 8. The van der Waals surface area contributed by atoms with Crippen LogP contribution in [0.3, 0.4) is 0 Å². The minimum Gasteiger partial charge on any atom is -0.493 e. The van der Waals surface area contributed by atoms with E-state index in [4.69, 9.17) is 14.2 Å². The largest absolute Gasteiger partial charge is 0.493 e. The van der Waals surface area contributed by atoms with Crippen LogP contribution < -0.4 is 19.5 Å². The fraction of sp³-hybridized carbons (Fsp3) is 0.350. The molecular weight excluding hydrogens is 398 g/mol. The van der Waals surface area contributed by atoms with Crippen molar-refractivity contribution in [3.8, 4) is 17.2 Å². The number of carbonyl (C=O) groups is 1. The van der Waals surface area contributed by atoms with Gasteiger partial charge in [0.1, 0.15) is 5.75 Å². The summed E-state index contributed by atoms with van der Waals surface area (Å²) in [6, 6.07) is 11.4. The minimum absolute atomic E-state index is 0.0487. The van der Waals surface area contributed by atoms with Gasteiger partial charge in [-0.3, -0.25) is 4.79 Å². The predicted octanol–water partition coefficient (Wildman–Crippen LogP) is 4.28. The molecule has 5 nitrogen and oxygen atoms in total. The first kappa shape index (κ1) is 20.1. The van der Waals surface area contributed by atoms with Gasteiger partial charge in [-0.2, -0.15) is 0 Å². The maximum absolute atomic E-state index is 12.0. The summed E-state index contributed by atoms with van der Waals surface area (Å²) >= 11 is 3.49. The van der Waals surface area contributed by atoms with Gasteiger partial charge in [0.2, 0.25) is 0 Å². The molecule has 0 radical (unpaired) electrons. The Balaban J connectivity index is 1.88. The Morgan fingerprint density at radius 1 is 1.04 bits per heavy atom. The number of methoxy groups -OCH3 is 2. The highest BCUT2D eigenvalue weighted by molar-refractivity contribution is 9.10. The maximum Gasteiger partial charge on any atom is 0.258 e. The zero-order valence-corrected chi connectivity index (χ0v) is 17.1. The number of halogens is 1. The molecule has 0 heterocycles. The summed E-state index contributed by atoms with van der Waals surface area (Å²) in [6.45, 7) is 4.59. The van der Waals surface area contributed by atoms with Crippen molar-refractivity contribution in [1.29, 1.82) is 0 Å². The highest BCUT2D eigenvalue weighted by Crippen LogP contribution is 2.29. The monoisotopic (exact) mass is 421 g/mol. The van der Waals surface area contributed by atoms with E-state index in [0.717, 1.165) is 10.0 Å². The van der Waals surface area contributed by atoms with Crippen LogP contribution in [0.1, 0.15) is 30.9 Å². The van der Waals surface area contributed by atoms with Gasteiger partial charge in [-0.05, 0) is 57.2 Å². The minimum atomic E-state index is -0.195. The average Bonchev–Trinajstić information content (AvgIpc) is 2.64. The summed E-state index contributed by atoms with van der Waals surface area (Å²) in [5.41, 5.74) is 2.13. The lowest BCUT2D eigenvalue weighted by Gasteiger charge is -2.12. The Morgan fingerprint density at radius 3 is 2.35 bits per heavy atom. The van der Waals surface area contributed by atoms with Gasteiger partial charge in [-0.1, -0.05) is 26.0 Å². The van der Waals surface area contributed by atoms with Crippen molar-refractivity contribution < 1.29 is 19.0 Å². The van der Waals surface area contributed by atoms with Crippen molar-refractivity contribution in [2.24, 2.45) is 0 Å². The third kappa shape index (κ3) is 5.39. The van der Waals surface area contributed by atoms with E-state index in [2.05, 4.69) is 35.1 Å². The molecule has 0 aliphatic rings. The topological polar surface area (TPSA) is 56.8 Å². The normalized spacial score (nSPS) is 10.5. The van der Waals surface area contributed by atoms with Crippen LogP contribution in [0.5, 0.6) is 17.2 Å². The molecule has 0 spiro atoms. The van der Waals surface area contributed by atoms with Crippen molar-refractivity contribution in [3.05, 3.63) is 52.0 Å². The van der Waals surface area contributed by atoms with Crippen LogP contribution in [0.2, 0.25) is 0 Å². The molecule has 1 N–H and O–H groups in total. The molecule has 0 unspecified atom stereocenters. The lowest BCUT2D eigenvalue weighted by Crippen LogP contribution is -2.28. The molecular formula is C20H24BrNO4. The number of amides is 1. The van der Waals surface area contributed by atoms with Gasteiger partial charge in [0, 0.05) is 6.54 Å². The summed E-state index contributed by atoms with van der Waals surface area (Å²) in [5, 5.41) is 2.83. The van der Waals surface area contributed by atoms with Crippen molar-refractivity contribution in [2.75, 3.05) is 20.8 Å². The second-order valence-electron chi connectivity index (χ2n) is 6.10. The van der Waals surface area contributed by atoms with E-state index in [1.807, 2.05) is 36.4 Å². The first-order chi connectivity index (χ1) is 12.4. The number of hydrogen-bond donors (Lipinski definition) is 1. The molecule has 0 saturated heterocycles. The van der Waals surface area contributed by atoms with E-state index in [9.17, 15) is 4.79 Å². The molecule has 0 aromatic heterocycles. The highest BCUT2D eigenvalue weighted by Gasteiger charge is 2.09. The van der Waals surface area contributed by atoms with Crippen molar-refractivity contribution in [1.82, 2.24) is 5.32 Å². The SMILES string of the molecule is COc1ccc(CNC(=O)COc2ccc(C(C)C)cc2Br)cc1OC. The van der Waals surface area contributed by atoms with Crippen LogP contribution >= 0.6 is 15.9 Å². The zero-order valence-electron chi connectivity index (χ0n) is 15.5. The summed E-state index contributed by atoms with van der Waals surface area (Å²) in [7, 11) is 3.17. The predicted molar refractivity (Wildman–Crippen MR) is 105 cm³/mol. The molecule has 2 aromatic carbocycles. The molecule has 0 atom stereocenters. The Morgan fingerprint density at radius 2 is 1.73 bits per heavy atom. The van der Waals surface area contributed by atoms with E-state index in [1.165, 1.54) is 5.56 Å². The van der Waals surface area contributed by atoms with Crippen LogP contribution in [-0.2, 0) is 11.3 Å². The van der Waals surface area contributed by atoms with Crippen LogP contribution in [0.15, 0.2) is 40.9 Å². The van der Waals surface area contributed by atoms with Crippen molar-refractivity contribution in [3.63, 3.8) is 0 Å². The fourth-order valence-electron chi connectivity index (χ4n) is 2.38. The number of carbonyl (C=O) groups excluding carboxylic acids is 1. The summed E-state index contributed by atoms with van der Waals surface area (Å²) in [5.74, 6) is 2.17. The molecule has 6 heteroatoms. The number of ether oxygens (including phenoxy) is 3. The zero-order chi connectivity index (χ0) is 19.1. The molecule has 140 valence electrons.